The third-order valence-corrected chi connectivity index (χ3v) is 4.68. The molecule has 2 heterocycles. The molecule has 140 valence electrons. The van der Waals surface area contributed by atoms with Crippen molar-refractivity contribution in [2.45, 2.75) is 6.54 Å². The highest BCUT2D eigenvalue weighted by Crippen LogP contribution is 2.26. The van der Waals surface area contributed by atoms with E-state index in [1.165, 1.54) is 6.08 Å². The highest BCUT2D eigenvalue weighted by Gasteiger charge is 2.18. The fraction of sp³-hybridized carbons (Fsp3) is 0.238. The lowest BCUT2D eigenvalue weighted by atomic mass is 10.0. The van der Waals surface area contributed by atoms with Gasteiger partial charge in [0.25, 0.3) is 5.91 Å². The summed E-state index contributed by atoms with van der Waals surface area (Å²) in [5.74, 6) is 0.00665. The van der Waals surface area contributed by atoms with Gasteiger partial charge in [0.2, 0.25) is 5.91 Å². The van der Waals surface area contributed by atoms with Crippen molar-refractivity contribution >= 4 is 23.4 Å². The number of benzene rings is 2. The van der Waals surface area contributed by atoms with E-state index in [-0.39, 0.29) is 11.8 Å². The molecule has 5 nitrogen and oxygen atoms in total. The van der Waals surface area contributed by atoms with E-state index >= 15 is 0 Å². The van der Waals surface area contributed by atoms with Crippen LogP contribution in [0.1, 0.15) is 15.9 Å². The molecule has 0 unspecified atom stereocenters. The van der Waals surface area contributed by atoms with E-state index in [9.17, 15) is 9.59 Å². The largest absolute Gasteiger partial charge is 0.378 e. The second-order valence-electron chi connectivity index (χ2n) is 6.21. The van der Waals surface area contributed by atoms with E-state index in [0.29, 0.717) is 37.9 Å². The SMILES string of the molecule is C=CC(=O)N1CCOCC1.O=C1NCc2ccc(-c3cccc(Cl)c3)cc21. The molecule has 0 aromatic heterocycles. The molecule has 0 spiro atoms. The zero-order valence-corrected chi connectivity index (χ0v) is 15.7. The van der Waals surface area contributed by atoms with Crippen molar-refractivity contribution < 1.29 is 14.3 Å². The Kier molecular flexibility index (Phi) is 6.27. The number of nitrogens with one attached hydrogen (secondary N) is 1. The van der Waals surface area contributed by atoms with Crippen LogP contribution in [0.5, 0.6) is 0 Å². The summed E-state index contributed by atoms with van der Waals surface area (Å²) in [6.45, 7) is 6.74. The lowest BCUT2D eigenvalue weighted by Gasteiger charge is -2.25. The molecule has 2 amide bonds. The fourth-order valence-electron chi connectivity index (χ4n) is 2.97. The first kappa shape index (κ1) is 19.1. The van der Waals surface area contributed by atoms with Crippen molar-refractivity contribution in [3.63, 3.8) is 0 Å². The van der Waals surface area contributed by atoms with Gasteiger partial charge in [-0.1, -0.05) is 42.4 Å². The maximum Gasteiger partial charge on any atom is 0.251 e. The maximum absolute atomic E-state index is 11.6. The van der Waals surface area contributed by atoms with Gasteiger partial charge >= 0.3 is 0 Å². The van der Waals surface area contributed by atoms with Gasteiger partial charge < -0.3 is 15.0 Å². The number of hydrogen-bond acceptors (Lipinski definition) is 3. The minimum Gasteiger partial charge on any atom is -0.378 e. The Morgan fingerprint density at radius 1 is 1.15 bits per heavy atom. The van der Waals surface area contributed by atoms with Crippen LogP contribution in [0.15, 0.2) is 55.1 Å². The third-order valence-electron chi connectivity index (χ3n) is 4.45. The van der Waals surface area contributed by atoms with Gasteiger partial charge in [-0.3, -0.25) is 9.59 Å². The Bertz CT molecular complexity index is 860. The Labute approximate surface area is 163 Å². The summed E-state index contributed by atoms with van der Waals surface area (Å²) < 4.78 is 5.07. The van der Waals surface area contributed by atoms with Crippen LogP contribution >= 0.6 is 11.6 Å². The van der Waals surface area contributed by atoms with E-state index < -0.39 is 0 Å². The van der Waals surface area contributed by atoms with Crippen molar-refractivity contribution in [2.75, 3.05) is 26.3 Å². The number of carbonyl (C=O) groups is 2. The standard InChI is InChI=1S/C14H10ClNO.C7H11NO2/c15-12-3-1-2-9(6-12)10-4-5-11-8-16-14(17)13(11)7-10;1-2-7(9)8-3-5-10-6-4-8/h1-7H,8H2,(H,16,17);2H,1,3-6H2. The van der Waals surface area contributed by atoms with Crippen molar-refractivity contribution in [1.82, 2.24) is 10.2 Å². The van der Waals surface area contributed by atoms with Crippen molar-refractivity contribution in [2.24, 2.45) is 0 Å². The Morgan fingerprint density at radius 3 is 2.59 bits per heavy atom. The summed E-state index contributed by atoms with van der Waals surface area (Å²) >= 11 is 5.96. The molecule has 2 aromatic rings. The van der Waals surface area contributed by atoms with Crippen molar-refractivity contribution in [1.29, 1.82) is 0 Å². The maximum atomic E-state index is 11.6. The van der Waals surface area contributed by atoms with Gasteiger partial charge in [-0.05, 0) is 41.0 Å². The number of ether oxygens (including phenoxy) is 1. The van der Waals surface area contributed by atoms with E-state index in [0.717, 1.165) is 22.3 Å². The molecule has 1 N–H and O–H groups in total. The molecular formula is C21H21ClN2O3. The minimum absolute atomic E-state index is 0.00306. The van der Waals surface area contributed by atoms with Crippen LogP contribution in [-0.4, -0.2) is 43.0 Å². The van der Waals surface area contributed by atoms with Crippen LogP contribution in [-0.2, 0) is 16.1 Å². The van der Waals surface area contributed by atoms with Crippen LogP contribution < -0.4 is 5.32 Å². The summed E-state index contributed by atoms with van der Waals surface area (Å²) in [4.78, 5) is 24.2. The van der Waals surface area contributed by atoms with Gasteiger partial charge in [-0.15, -0.1) is 0 Å². The Balaban J connectivity index is 0.000000180. The first-order valence-electron chi connectivity index (χ1n) is 8.74. The van der Waals surface area contributed by atoms with E-state index in [1.807, 2.05) is 42.5 Å². The number of carbonyl (C=O) groups excluding carboxylic acids is 2. The molecule has 27 heavy (non-hydrogen) atoms. The second-order valence-corrected chi connectivity index (χ2v) is 6.64. The number of hydrogen-bond donors (Lipinski definition) is 1. The van der Waals surface area contributed by atoms with Gasteiger partial charge in [-0.2, -0.15) is 0 Å². The molecule has 2 aliphatic heterocycles. The Morgan fingerprint density at radius 2 is 1.89 bits per heavy atom. The average Bonchev–Trinajstić information content (AvgIpc) is 3.09. The summed E-state index contributed by atoms with van der Waals surface area (Å²) in [6, 6.07) is 13.6. The van der Waals surface area contributed by atoms with Crippen LogP contribution in [0, 0.1) is 0 Å². The smallest absolute Gasteiger partial charge is 0.251 e. The lowest BCUT2D eigenvalue weighted by Crippen LogP contribution is -2.39. The molecule has 0 bridgehead atoms. The number of fused-ring (bicyclic) bond motifs is 1. The Hall–Kier alpha value is -2.63. The first-order chi connectivity index (χ1) is 13.1. The van der Waals surface area contributed by atoms with Gasteiger partial charge in [0.1, 0.15) is 0 Å². The molecule has 0 radical (unpaired) electrons. The van der Waals surface area contributed by atoms with Crippen molar-refractivity contribution in [3.05, 3.63) is 71.3 Å². The zero-order valence-electron chi connectivity index (χ0n) is 14.9. The quantitative estimate of drug-likeness (QED) is 0.808. The summed E-state index contributed by atoms with van der Waals surface area (Å²) in [6.07, 6.45) is 1.34. The van der Waals surface area contributed by atoms with Crippen LogP contribution in [0.2, 0.25) is 5.02 Å². The van der Waals surface area contributed by atoms with E-state index in [2.05, 4.69) is 11.9 Å². The number of nitrogens with zero attached hydrogens (tertiary/aromatic N) is 1. The van der Waals surface area contributed by atoms with Crippen LogP contribution in [0.4, 0.5) is 0 Å². The van der Waals surface area contributed by atoms with Crippen LogP contribution in [0.3, 0.4) is 0 Å². The van der Waals surface area contributed by atoms with Crippen LogP contribution in [0.25, 0.3) is 11.1 Å². The molecule has 4 rings (SSSR count). The number of morpholine rings is 1. The highest BCUT2D eigenvalue weighted by atomic mass is 35.5. The number of halogens is 1. The normalized spacial score (nSPS) is 15.3. The molecule has 6 heteroatoms. The molecule has 0 aliphatic carbocycles. The predicted molar refractivity (Wildman–Crippen MR) is 106 cm³/mol. The molecule has 2 aromatic carbocycles. The first-order valence-corrected chi connectivity index (χ1v) is 9.12. The fourth-order valence-corrected chi connectivity index (χ4v) is 3.16. The predicted octanol–water partition coefficient (Wildman–Crippen LogP) is 3.28. The third kappa shape index (κ3) is 4.76. The van der Waals surface area contributed by atoms with Gasteiger partial charge in [0, 0.05) is 30.2 Å². The average molecular weight is 385 g/mol. The minimum atomic E-state index is 0.00306. The van der Waals surface area contributed by atoms with E-state index in [1.54, 1.807) is 4.90 Å². The zero-order chi connectivity index (χ0) is 19.2. The molecule has 2 aliphatic rings. The van der Waals surface area contributed by atoms with E-state index in [4.69, 9.17) is 16.3 Å². The number of rotatable bonds is 2. The summed E-state index contributed by atoms with van der Waals surface area (Å²) in [7, 11) is 0. The molecule has 0 saturated carbocycles. The van der Waals surface area contributed by atoms with Gasteiger partial charge in [0.15, 0.2) is 0 Å². The molecular weight excluding hydrogens is 364 g/mol. The van der Waals surface area contributed by atoms with Crippen molar-refractivity contribution in [3.8, 4) is 11.1 Å². The molecule has 0 atom stereocenters. The topological polar surface area (TPSA) is 58.6 Å². The number of amides is 2. The van der Waals surface area contributed by atoms with Gasteiger partial charge in [0.05, 0.1) is 13.2 Å². The summed E-state index contributed by atoms with van der Waals surface area (Å²) in [5.41, 5.74) is 3.87. The van der Waals surface area contributed by atoms with Gasteiger partial charge in [-0.25, -0.2) is 0 Å². The molecule has 1 fully saturated rings. The lowest BCUT2D eigenvalue weighted by molar-refractivity contribution is -0.129. The second kappa shape index (κ2) is 8.84. The molecule has 1 saturated heterocycles. The summed E-state index contributed by atoms with van der Waals surface area (Å²) in [5, 5.41) is 3.51. The monoisotopic (exact) mass is 384 g/mol. The highest BCUT2D eigenvalue weighted by molar-refractivity contribution is 6.30.